The molecule has 338 valence electrons. The van der Waals surface area contributed by atoms with Crippen molar-refractivity contribution in [3.05, 3.63) is 78.1 Å². The molecule has 10 rings (SSSR count). The van der Waals surface area contributed by atoms with Crippen LogP contribution in [-0.4, -0.2) is 109 Å². The minimum atomic E-state index is -3.91. The van der Waals surface area contributed by atoms with E-state index in [1.807, 2.05) is 24.5 Å². The molecule has 4 fully saturated rings. The van der Waals surface area contributed by atoms with Gasteiger partial charge >= 0.3 is 0 Å². The summed E-state index contributed by atoms with van der Waals surface area (Å²) in [6.07, 6.45) is 10.00. The van der Waals surface area contributed by atoms with Gasteiger partial charge in [-0.1, -0.05) is 6.07 Å². The van der Waals surface area contributed by atoms with E-state index in [9.17, 15) is 21.9 Å². The molecule has 0 spiro atoms. The van der Waals surface area contributed by atoms with Crippen LogP contribution < -0.4 is 41.8 Å². The second-order valence-electron chi connectivity index (χ2n) is 17.6. The second-order valence-corrected chi connectivity index (χ2v) is 21.1. The van der Waals surface area contributed by atoms with Gasteiger partial charge in [-0.15, -0.1) is 0 Å². The normalized spacial score (nSPS) is 21.8. The number of benzene rings is 2. The summed E-state index contributed by atoms with van der Waals surface area (Å²) in [5, 5.41) is 45.8. The molecule has 9 N–H and O–H groups in total. The Bertz CT molecular complexity index is 2930. The number of nitrogens with two attached hydrogens (primary N) is 1. The zero-order valence-corrected chi connectivity index (χ0v) is 37.0. The molecule has 0 amide bonds. The average molecular weight is 912 g/mol. The van der Waals surface area contributed by atoms with Gasteiger partial charge in [0.1, 0.15) is 35.1 Å². The summed E-state index contributed by atoms with van der Waals surface area (Å²) >= 11 is 0. The molecule has 2 aromatic carbocycles. The van der Waals surface area contributed by atoms with Crippen LogP contribution in [0.15, 0.2) is 76.8 Å². The number of piperidine rings is 2. The smallest absolute Gasteiger partial charge is 0.238 e. The third-order valence-corrected chi connectivity index (χ3v) is 14.6. The number of aliphatic hydroxyl groups excluding tert-OH is 1. The molecule has 2 aliphatic carbocycles. The predicted octanol–water partition coefficient (Wildman–Crippen LogP) is 3.92. The summed E-state index contributed by atoms with van der Waals surface area (Å²) in [4.78, 5) is 10.0. The number of hydrogen-bond acceptors (Lipinski definition) is 16. The van der Waals surface area contributed by atoms with E-state index in [1.165, 1.54) is 18.4 Å². The molecule has 4 aliphatic rings. The van der Waals surface area contributed by atoms with Crippen molar-refractivity contribution >= 4 is 65.8 Å². The Hall–Kier alpha value is -5.58. The number of primary sulfonamides is 1. The second kappa shape index (κ2) is 17.1. The van der Waals surface area contributed by atoms with Crippen LogP contribution in [0, 0.1) is 11.8 Å². The minimum absolute atomic E-state index is 0.00470. The summed E-state index contributed by atoms with van der Waals surface area (Å²) in [6.45, 7) is 3.76. The zero-order chi connectivity index (χ0) is 44.2. The molecule has 4 aromatic heterocycles. The van der Waals surface area contributed by atoms with Gasteiger partial charge in [0.05, 0.1) is 28.3 Å². The van der Waals surface area contributed by atoms with Gasteiger partial charge in [0.2, 0.25) is 10.0 Å². The highest BCUT2D eigenvalue weighted by Gasteiger charge is 2.32. The van der Waals surface area contributed by atoms with Crippen LogP contribution in [0.4, 0.5) is 34.6 Å². The topological polar surface area (TPSA) is 256 Å². The predicted molar refractivity (Wildman–Crippen MR) is 243 cm³/mol. The lowest BCUT2D eigenvalue weighted by atomic mass is 9.94. The summed E-state index contributed by atoms with van der Waals surface area (Å²) < 4.78 is 60.7. The van der Waals surface area contributed by atoms with Gasteiger partial charge in [0.15, 0.2) is 21.1 Å². The van der Waals surface area contributed by atoms with Crippen molar-refractivity contribution in [3.8, 4) is 5.75 Å². The van der Waals surface area contributed by atoms with Gasteiger partial charge < -0.3 is 41.7 Å². The lowest BCUT2D eigenvalue weighted by Crippen LogP contribution is -2.46. The van der Waals surface area contributed by atoms with Gasteiger partial charge in [-0.3, -0.25) is 0 Å². The number of sulfone groups is 1. The molecule has 0 bridgehead atoms. The highest BCUT2D eigenvalue weighted by Crippen LogP contribution is 2.43. The molecule has 21 heteroatoms. The van der Waals surface area contributed by atoms with Crippen LogP contribution in [0.3, 0.4) is 0 Å². The Morgan fingerprint density at radius 3 is 1.91 bits per heavy atom. The van der Waals surface area contributed by atoms with Gasteiger partial charge in [-0.25, -0.2) is 31.9 Å². The monoisotopic (exact) mass is 911 g/mol. The summed E-state index contributed by atoms with van der Waals surface area (Å²) in [6, 6.07) is 15.0. The van der Waals surface area contributed by atoms with E-state index >= 15 is 0 Å². The number of sulfonamides is 1. The van der Waals surface area contributed by atoms with E-state index in [2.05, 4.69) is 37.0 Å². The molecule has 0 unspecified atom stereocenters. The van der Waals surface area contributed by atoms with Crippen LogP contribution in [-0.2, 0) is 19.9 Å². The Balaban J connectivity index is 0.904. The van der Waals surface area contributed by atoms with E-state index in [-0.39, 0.29) is 27.7 Å². The van der Waals surface area contributed by atoms with Crippen molar-refractivity contribution in [1.29, 1.82) is 0 Å². The van der Waals surface area contributed by atoms with Crippen LogP contribution >= 0.6 is 0 Å². The number of anilines is 6. The van der Waals surface area contributed by atoms with Crippen molar-refractivity contribution < 1.29 is 26.7 Å². The first-order chi connectivity index (χ1) is 30.8. The molecule has 64 heavy (non-hydrogen) atoms. The Kier molecular flexibility index (Phi) is 11.3. The number of aromatic nitrogens is 6. The fourth-order valence-electron chi connectivity index (χ4n) is 8.69. The molecule has 2 aliphatic heterocycles. The van der Waals surface area contributed by atoms with E-state index in [0.29, 0.717) is 84.1 Å². The van der Waals surface area contributed by atoms with Crippen LogP contribution in [0.2, 0.25) is 0 Å². The fourth-order valence-corrected chi connectivity index (χ4v) is 9.92. The maximum atomic E-state index is 13.1. The number of fused-ring (bicyclic) bond motifs is 2. The van der Waals surface area contributed by atoms with Crippen molar-refractivity contribution in [2.45, 2.75) is 72.4 Å². The highest BCUT2D eigenvalue weighted by molar-refractivity contribution is 7.90. The largest absolute Gasteiger partial charge is 0.489 e. The van der Waals surface area contributed by atoms with Gasteiger partial charge in [0.25, 0.3) is 0 Å². The standard InChI is InChI=1S/C43H53N13O6S2/c1-63(58,59)33-15-30(52-41-18-38(47-19-27-9-11-45-23-36(27)57)53-43-35(26-7-8-26)22-50-56(41)43)13-31(16-33)62-37-24-46-12-10-28(37)20-48-39-17-40(51-29-3-2-4-32(14-29)64(44,60)61)55-42(54-39)34(21-49-55)25-5-6-25/h2-4,13-18,21-22,25-28,36-37,45-46,51-52,57H,5-12,19-20,23-24H2,1H3,(H,47,53)(H,48,54)(H2,44,60,61)/t27-,28-,36+,37+/m0/s1. The van der Waals surface area contributed by atoms with Gasteiger partial charge in [-0.05, 0) is 93.8 Å². The number of nitrogens with one attached hydrogen (secondary N) is 6. The lowest BCUT2D eigenvalue weighted by Gasteiger charge is -2.33. The molecule has 6 heterocycles. The number of rotatable bonds is 16. The summed E-state index contributed by atoms with van der Waals surface area (Å²) in [5.74, 6) is 3.68. The lowest BCUT2D eigenvalue weighted by molar-refractivity contribution is 0.0883. The van der Waals surface area contributed by atoms with Crippen LogP contribution in [0.25, 0.3) is 11.3 Å². The maximum Gasteiger partial charge on any atom is 0.238 e. The number of β-amino-alcohol motifs (C(OH)–C–C–N with tert-alkyl or cyclic N) is 1. The quantitative estimate of drug-likeness (QED) is 0.0685. The maximum absolute atomic E-state index is 13.1. The molecule has 6 aromatic rings. The average Bonchev–Trinajstić information content (AvgIpc) is 4.21. The van der Waals surface area contributed by atoms with Crippen molar-refractivity contribution in [1.82, 2.24) is 39.8 Å². The molecular weight excluding hydrogens is 859 g/mol. The Morgan fingerprint density at radius 1 is 0.734 bits per heavy atom. The van der Waals surface area contributed by atoms with Crippen molar-refractivity contribution in [3.63, 3.8) is 0 Å². The first-order valence-corrected chi connectivity index (χ1v) is 25.3. The number of ether oxygens (including phenoxy) is 1. The van der Waals surface area contributed by atoms with Crippen molar-refractivity contribution in [2.75, 3.05) is 66.8 Å². The fraction of sp³-hybridized carbons (Fsp3) is 0.442. The number of nitrogens with zero attached hydrogens (tertiary/aromatic N) is 6. The van der Waals surface area contributed by atoms with E-state index in [1.54, 1.807) is 39.4 Å². The molecule has 2 saturated heterocycles. The third-order valence-electron chi connectivity index (χ3n) is 12.6. The molecular formula is C43H53N13O6S2. The van der Waals surface area contributed by atoms with E-state index in [0.717, 1.165) is 68.4 Å². The summed E-state index contributed by atoms with van der Waals surface area (Å²) in [7, 11) is -7.57. The highest BCUT2D eigenvalue weighted by atomic mass is 32.2. The Morgan fingerprint density at radius 2 is 1.31 bits per heavy atom. The SMILES string of the molecule is CS(=O)(=O)c1cc(Nc2cc(NC[C@@H]3CCNC[C@H]3O)nc3c(C4CC4)cnn23)cc(O[C@@H]2CNCC[C@H]2CNc2cc(Nc3cccc(S(N)(=O)=O)c3)n3ncc(C4CC4)c3n2)c1. The van der Waals surface area contributed by atoms with Crippen molar-refractivity contribution in [2.24, 2.45) is 17.0 Å². The third kappa shape index (κ3) is 9.31. The zero-order valence-electron chi connectivity index (χ0n) is 35.4. The summed E-state index contributed by atoms with van der Waals surface area (Å²) in [5.41, 5.74) is 4.59. The van der Waals surface area contributed by atoms with Gasteiger partial charge in [0, 0.05) is 85.0 Å². The first-order valence-electron chi connectivity index (χ1n) is 21.9. The van der Waals surface area contributed by atoms with Crippen LogP contribution in [0.5, 0.6) is 5.75 Å². The first kappa shape index (κ1) is 42.4. The molecule has 19 nitrogen and oxygen atoms in total. The van der Waals surface area contributed by atoms with Crippen LogP contribution in [0.1, 0.15) is 61.5 Å². The molecule has 2 saturated carbocycles. The number of hydrogen-bond donors (Lipinski definition) is 8. The molecule has 0 radical (unpaired) electrons. The minimum Gasteiger partial charge on any atom is -0.489 e. The van der Waals surface area contributed by atoms with Gasteiger partial charge in [-0.2, -0.15) is 19.2 Å². The molecule has 4 atom stereocenters. The van der Waals surface area contributed by atoms with E-state index in [4.69, 9.17) is 24.9 Å². The Labute approximate surface area is 370 Å². The number of aliphatic hydroxyl groups is 1. The van der Waals surface area contributed by atoms with E-state index < -0.39 is 26.0 Å².